The first kappa shape index (κ1) is 67.1. The van der Waals surface area contributed by atoms with E-state index in [1.54, 1.807) is 24.3 Å². The Morgan fingerprint density at radius 3 is 1.33 bits per heavy atom. The fraction of sp³-hybridized carbons (Fsp3) is 0.586. The van der Waals surface area contributed by atoms with Gasteiger partial charge in [-0.15, -0.1) is 0 Å². The molecular weight excluding hydrogens is 1130 g/mol. The quantitative estimate of drug-likeness (QED) is 0.125. The summed E-state index contributed by atoms with van der Waals surface area (Å²) in [4.78, 5) is 63.8. The molecule has 10 nitrogen and oxygen atoms in total. The number of rotatable bonds is 14. The zero-order valence-electron chi connectivity index (χ0n) is 52.9. The van der Waals surface area contributed by atoms with Gasteiger partial charge in [-0.25, -0.2) is 9.59 Å². The molecule has 1 unspecified atom stereocenters. The van der Waals surface area contributed by atoms with Crippen molar-refractivity contribution in [2.45, 2.75) is 229 Å². The Bertz CT molecular complexity index is 2880. The number of benzene rings is 4. The topological polar surface area (TPSA) is 118 Å². The van der Waals surface area contributed by atoms with Gasteiger partial charge in [0.05, 0.1) is 41.1 Å². The number of aliphatic imine (C=N–C) groups is 1. The molecule has 0 aromatic heterocycles. The Hall–Kier alpha value is -4.45. The molecule has 2 aliphatic carbocycles. The van der Waals surface area contributed by atoms with Crippen LogP contribution < -0.4 is 5.32 Å². The van der Waals surface area contributed by atoms with E-state index in [9.17, 15) is 19.2 Å². The van der Waals surface area contributed by atoms with Gasteiger partial charge in [-0.1, -0.05) is 154 Å². The van der Waals surface area contributed by atoms with E-state index in [0.29, 0.717) is 54.3 Å². The molecule has 4 aliphatic rings. The van der Waals surface area contributed by atoms with Crippen molar-refractivity contribution in [1.29, 1.82) is 0 Å². The third-order valence-electron chi connectivity index (χ3n) is 17.7. The van der Waals surface area contributed by atoms with Gasteiger partial charge in [0, 0.05) is 25.7 Å². The van der Waals surface area contributed by atoms with Crippen LogP contribution in [0.1, 0.15) is 249 Å². The number of nitrogens with zero attached hydrogens (tertiary/aromatic N) is 3. The summed E-state index contributed by atoms with van der Waals surface area (Å²) >= 11 is 25.6. The minimum absolute atomic E-state index is 0.0461. The normalized spacial score (nSPS) is 23.0. The fourth-order valence-electron chi connectivity index (χ4n) is 13.0. The number of halogens is 4. The van der Waals surface area contributed by atoms with Crippen LogP contribution in [-0.4, -0.2) is 62.8 Å². The highest BCUT2D eigenvalue weighted by Gasteiger charge is 2.56. The number of esters is 2. The second kappa shape index (κ2) is 26.5. The molecule has 4 aromatic carbocycles. The van der Waals surface area contributed by atoms with Crippen molar-refractivity contribution in [3.63, 3.8) is 0 Å². The average Bonchev–Trinajstić information content (AvgIpc) is 1.82. The fourth-order valence-corrected chi connectivity index (χ4v) is 14.1. The SMILES string of the molecule is CC(C)OC(=O)c1ccc([C@@H](CCC(C)(C)C)N2C(=O)C(c3cc(Cl)cc(Cl)c3)=NC23CCC(C(C)(C)C)CC3)cc1.CC(C)OC(=O)c1ccc([C@@H](CCC(C)(C)C)N2C(=O)C(c3cc(Cl)cc(Cl)c3)NC23CCC(C(C)(C)C)CC3)cc1. The van der Waals surface area contributed by atoms with Gasteiger partial charge < -0.3 is 19.3 Å². The van der Waals surface area contributed by atoms with Crippen molar-refractivity contribution in [2.75, 3.05) is 0 Å². The Morgan fingerprint density at radius 1 is 0.571 bits per heavy atom. The lowest BCUT2D eigenvalue weighted by Crippen LogP contribution is -2.56. The van der Waals surface area contributed by atoms with Crippen molar-refractivity contribution in [3.05, 3.63) is 138 Å². The number of carbonyl (C=O) groups excluding carboxylic acids is 4. The molecule has 4 aromatic rings. The lowest BCUT2D eigenvalue weighted by atomic mass is 9.69. The number of nitrogens with one attached hydrogen (secondary N) is 1. The van der Waals surface area contributed by atoms with E-state index in [0.717, 1.165) is 93.7 Å². The van der Waals surface area contributed by atoms with E-state index < -0.39 is 17.4 Å². The molecule has 14 heteroatoms. The summed E-state index contributed by atoms with van der Waals surface area (Å²) in [5.41, 5.74) is 4.32. The molecule has 0 radical (unpaired) electrons. The molecule has 8 rings (SSSR count). The van der Waals surface area contributed by atoms with Gasteiger partial charge in [0.1, 0.15) is 17.4 Å². The smallest absolute Gasteiger partial charge is 0.338 e. The lowest BCUT2D eigenvalue weighted by molar-refractivity contribution is -0.138. The predicted octanol–water partition coefficient (Wildman–Crippen LogP) is 19.2. The standard InChI is InChI=1S/C35H48Cl2N2O3.C35H46Cl2N2O3/c2*1-22(2)42-32(41)24-11-9-23(10-12-24)29(15-16-33(3,4)5)39-31(40)30(25-19-27(36)21-28(37)20-25)38-35(39)17-13-26(14-18-35)34(6,7)8/h9-12,19-22,26,29-30,38H,13-18H2,1-8H3;9-12,19-22,26,29H,13-18H2,1-8H3/t26?,29-,30?,35?;26?,29-,35?/m11/s1. The summed E-state index contributed by atoms with van der Waals surface area (Å²) in [6, 6.07) is 24.9. The minimum atomic E-state index is -0.652. The van der Waals surface area contributed by atoms with Gasteiger partial charge in [-0.2, -0.15) is 0 Å². The maximum atomic E-state index is 14.6. The number of hydrogen-bond donors (Lipinski definition) is 1. The minimum Gasteiger partial charge on any atom is -0.459 e. The molecule has 3 fully saturated rings. The van der Waals surface area contributed by atoms with Crippen LogP contribution in [0.25, 0.3) is 0 Å². The summed E-state index contributed by atoms with van der Waals surface area (Å²) in [5, 5.41) is 5.82. The lowest BCUT2D eigenvalue weighted by Gasteiger charge is -2.49. The van der Waals surface area contributed by atoms with E-state index in [4.69, 9.17) is 60.9 Å². The molecule has 2 saturated carbocycles. The van der Waals surface area contributed by atoms with Gasteiger partial charge >= 0.3 is 11.9 Å². The summed E-state index contributed by atoms with van der Waals surface area (Å²) in [7, 11) is 0. The summed E-state index contributed by atoms with van der Waals surface area (Å²) in [6.45, 7) is 34.6. The van der Waals surface area contributed by atoms with Gasteiger partial charge in [0.25, 0.3) is 5.91 Å². The summed E-state index contributed by atoms with van der Waals surface area (Å²) in [5.74, 6) is 0.409. The summed E-state index contributed by atoms with van der Waals surface area (Å²) < 4.78 is 10.8. The third kappa shape index (κ3) is 16.6. The molecule has 84 heavy (non-hydrogen) atoms. The van der Waals surface area contributed by atoms with Crippen LogP contribution >= 0.6 is 46.4 Å². The molecule has 2 aliphatic heterocycles. The molecule has 2 heterocycles. The maximum Gasteiger partial charge on any atom is 0.338 e. The molecular formula is C70H94Cl4N4O6. The van der Waals surface area contributed by atoms with E-state index >= 15 is 0 Å². The van der Waals surface area contributed by atoms with Crippen LogP contribution in [-0.2, 0) is 19.1 Å². The Morgan fingerprint density at radius 2 is 0.952 bits per heavy atom. The second-order valence-electron chi connectivity index (χ2n) is 29.5. The van der Waals surface area contributed by atoms with E-state index in [1.807, 2.05) is 88.4 Å². The Balaban J connectivity index is 0.000000241. The molecule has 458 valence electrons. The Kier molecular flexibility index (Phi) is 21.1. The van der Waals surface area contributed by atoms with Crippen LogP contribution in [0.3, 0.4) is 0 Å². The molecule has 2 amide bonds. The first-order valence-corrected chi connectivity index (χ1v) is 32.1. The average molecular weight is 1230 g/mol. The molecule has 0 bridgehead atoms. The highest BCUT2D eigenvalue weighted by molar-refractivity contribution is 6.48. The van der Waals surface area contributed by atoms with Crippen LogP contribution in [0.5, 0.6) is 0 Å². The van der Waals surface area contributed by atoms with Crippen LogP contribution in [0.15, 0.2) is 89.9 Å². The highest BCUT2D eigenvalue weighted by atomic mass is 35.5. The Labute approximate surface area is 522 Å². The van der Waals surface area contributed by atoms with Crippen molar-refractivity contribution in [1.82, 2.24) is 15.1 Å². The van der Waals surface area contributed by atoms with Gasteiger partial charge in [-0.05, 0) is 216 Å². The number of hydrogen-bond acceptors (Lipinski definition) is 8. The first-order chi connectivity index (χ1) is 39.0. The number of amides is 2. The third-order valence-corrected chi connectivity index (χ3v) is 18.5. The molecule has 2 spiro atoms. The highest BCUT2D eigenvalue weighted by Crippen LogP contribution is 2.53. The second-order valence-corrected chi connectivity index (χ2v) is 31.2. The van der Waals surface area contributed by atoms with Gasteiger partial charge in [0.15, 0.2) is 0 Å². The van der Waals surface area contributed by atoms with E-state index in [1.165, 1.54) is 0 Å². The van der Waals surface area contributed by atoms with Crippen LogP contribution in [0.2, 0.25) is 20.1 Å². The maximum absolute atomic E-state index is 14.6. The summed E-state index contributed by atoms with van der Waals surface area (Å²) in [6.07, 6.45) is 10.4. The molecule has 3 atom stereocenters. The zero-order chi connectivity index (χ0) is 62.1. The number of ether oxygens (including phenoxy) is 2. The van der Waals surface area contributed by atoms with E-state index in [-0.39, 0.29) is 69.7 Å². The monoisotopic (exact) mass is 1230 g/mol. The van der Waals surface area contributed by atoms with Crippen molar-refractivity contribution >= 4 is 75.9 Å². The van der Waals surface area contributed by atoms with Crippen LogP contribution in [0.4, 0.5) is 0 Å². The van der Waals surface area contributed by atoms with Gasteiger partial charge in [-0.3, -0.25) is 19.9 Å². The molecule has 1 saturated heterocycles. The van der Waals surface area contributed by atoms with E-state index in [2.05, 4.69) is 98.2 Å². The van der Waals surface area contributed by atoms with Gasteiger partial charge in [0.2, 0.25) is 5.91 Å². The largest absolute Gasteiger partial charge is 0.459 e. The van der Waals surface area contributed by atoms with Crippen molar-refractivity contribution in [3.8, 4) is 0 Å². The van der Waals surface area contributed by atoms with Crippen LogP contribution in [0, 0.1) is 33.5 Å². The predicted molar refractivity (Wildman–Crippen MR) is 344 cm³/mol. The first-order valence-electron chi connectivity index (χ1n) is 30.6. The molecule has 1 N–H and O–H groups in total. The number of carbonyl (C=O) groups is 4. The zero-order valence-corrected chi connectivity index (χ0v) is 55.9. The van der Waals surface area contributed by atoms with Crippen molar-refractivity contribution < 1.29 is 28.7 Å². The van der Waals surface area contributed by atoms with Crippen molar-refractivity contribution in [2.24, 2.45) is 38.5 Å².